The van der Waals surface area contributed by atoms with Crippen molar-refractivity contribution in [2.24, 2.45) is 0 Å². The molecule has 2 aromatic heterocycles. The second-order valence-electron chi connectivity index (χ2n) is 3.33. The Labute approximate surface area is 97.7 Å². The average molecular weight is 232 g/mol. The van der Waals surface area contributed by atoms with Crippen molar-refractivity contribution < 1.29 is 4.79 Å². The summed E-state index contributed by atoms with van der Waals surface area (Å²) in [6, 6.07) is 0. The Morgan fingerprint density at radius 1 is 1.53 bits per heavy atom. The number of hydrogen-bond acceptors (Lipinski definition) is 5. The highest BCUT2D eigenvalue weighted by atomic mass is 16.2. The maximum absolute atomic E-state index is 11.8. The zero-order valence-electron chi connectivity index (χ0n) is 9.29. The van der Waals surface area contributed by atoms with Crippen LogP contribution < -0.4 is 11.1 Å². The normalized spacial score (nSPS) is 10.2. The molecule has 0 unspecified atom stereocenters. The first-order chi connectivity index (χ1) is 8.20. The van der Waals surface area contributed by atoms with Crippen LogP contribution in [0.5, 0.6) is 0 Å². The average Bonchev–Trinajstić information content (AvgIpc) is 2.72. The fourth-order valence-electron chi connectivity index (χ4n) is 1.31. The van der Waals surface area contributed by atoms with Gasteiger partial charge in [-0.05, 0) is 6.92 Å². The molecule has 0 atom stereocenters. The van der Waals surface area contributed by atoms with E-state index in [2.05, 4.69) is 20.4 Å². The first-order valence-electron chi connectivity index (χ1n) is 5.11. The quantitative estimate of drug-likeness (QED) is 0.804. The molecule has 0 aliphatic rings. The zero-order valence-corrected chi connectivity index (χ0v) is 9.29. The lowest BCUT2D eigenvalue weighted by Crippen LogP contribution is -2.15. The van der Waals surface area contributed by atoms with Crippen molar-refractivity contribution in [1.29, 1.82) is 0 Å². The Bertz CT molecular complexity index is 521. The number of aromatic nitrogens is 4. The summed E-state index contributed by atoms with van der Waals surface area (Å²) in [6.45, 7) is 2.57. The van der Waals surface area contributed by atoms with Crippen LogP contribution in [0, 0.1) is 0 Å². The van der Waals surface area contributed by atoms with Gasteiger partial charge in [0.15, 0.2) is 11.5 Å². The SMILES string of the molecule is CCn1cc(N)c(C(=O)Nc2cnccn2)n1. The molecule has 0 aliphatic carbocycles. The molecule has 17 heavy (non-hydrogen) atoms. The molecule has 0 radical (unpaired) electrons. The van der Waals surface area contributed by atoms with Crippen molar-refractivity contribution in [3.05, 3.63) is 30.5 Å². The zero-order chi connectivity index (χ0) is 12.3. The van der Waals surface area contributed by atoms with E-state index in [1.54, 1.807) is 10.9 Å². The van der Waals surface area contributed by atoms with Crippen LogP contribution in [0.2, 0.25) is 0 Å². The number of amides is 1. The molecule has 2 aromatic rings. The lowest BCUT2D eigenvalue weighted by molar-refractivity contribution is 0.102. The van der Waals surface area contributed by atoms with Crippen LogP contribution in [0.1, 0.15) is 17.4 Å². The molecular weight excluding hydrogens is 220 g/mol. The fraction of sp³-hybridized carbons (Fsp3) is 0.200. The number of carbonyl (C=O) groups is 1. The fourth-order valence-corrected chi connectivity index (χ4v) is 1.31. The van der Waals surface area contributed by atoms with E-state index in [9.17, 15) is 4.79 Å². The van der Waals surface area contributed by atoms with E-state index in [1.165, 1.54) is 18.6 Å². The molecule has 0 aromatic carbocycles. The van der Waals surface area contributed by atoms with Gasteiger partial charge in [0.05, 0.1) is 11.9 Å². The maximum atomic E-state index is 11.8. The summed E-state index contributed by atoms with van der Waals surface area (Å²) in [5, 5.41) is 6.62. The molecule has 0 bridgehead atoms. The van der Waals surface area contributed by atoms with Crippen LogP contribution in [0.3, 0.4) is 0 Å². The van der Waals surface area contributed by atoms with Crippen molar-refractivity contribution in [3.8, 4) is 0 Å². The van der Waals surface area contributed by atoms with E-state index in [4.69, 9.17) is 5.73 Å². The van der Waals surface area contributed by atoms with Crippen LogP contribution in [0.4, 0.5) is 11.5 Å². The van der Waals surface area contributed by atoms with E-state index in [0.717, 1.165) is 0 Å². The highest BCUT2D eigenvalue weighted by Crippen LogP contribution is 2.11. The second-order valence-corrected chi connectivity index (χ2v) is 3.33. The van der Waals surface area contributed by atoms with Crippen LogP contribution >= 0.6 is 0 Å². The highest BCUT2D eigenvalue weighted by Gasteiger charge is 2.14. The van der Waals surface area contributed by atoms with Gasteiger partial charge in [-0.3, -0.25) is 14.5 Å². The molecule has 0 aliphatic heterocycles. The van der Waals surface area contributed by atoms with Gasteiger partial charge in [-0.25, -0.2) is 4.98 Å². The molecule has 0 fully saturated rings. The third-order valence-corrected chi connectivity index (χ3v) is 2.13. The number of nitrogens with two attached hydrogens (primary N) is 1. The van der Waals surface area contributed by atoms with Crippen LogP contribution in [-0.2, 0) is 6.54 Å². The van der Waals surface area contributed by atoms with E-state index in [1.807, 2.05) is 6.92 Å². The molecule has 1 amide bonds. The number of nitrogens with zero attached hydrogens (tertiary/aromatic N) is 4. The smallest absolute Gasteiger partial charge is 0.279 e. The summed E-state index contributed by atoms with van der Waals surface area (Å²) < 4.78 is 1.60. The molecule has 2 heterocycles. The molecule has 3 N–H and O–H groups in total. The van der Waals surface area contributed by atoms with Gasteiger partial charge in [0.2, 0.25) is 0 Å². The first-order valence-corrected chi connectivity index (χ1v) is 5.11. The molecule has 0 saturated carbocycles. The summed E-state index contributed by atoms with van der Waals surface area (Å²) in [5.74, 6) is -0.0295. The highest BCUT2D eigenvalue weighted by molar-refractivity contribution is 6.05. The third-order valence-electron chi connectivity index (χ3n) is 2.13. The lowest BCUT2D eigenvalue weighted by Gasteiger charge is -2.01. The van der Waals surface area contributed by atoms with Crippen molar-refractivity contribution >= 4 is 17.4 Å². The topological polar surface area (TPSA) is 98.7 Å². The first kappa shape index (κ1) is 11.1. The summed E-state index contributed by atoms with van der Waals surface area (Å²) in [7, 11) is 0. The predicted molar refractivity (Wildman–Crippen MR) is 62.3 cm³/mol. The van der Waals surface area contributed by atoms with Gasteiger partial charge in [-0.15, -0.1) is 0 Å². The Kier molecular flexibility index (Phi) is 2.99. The molecule has 2 rings (SSSR count). The molecule has 0 saturated heterocycles. The number of rotatable bonds is 3. The van der Waals surface area contributed by atoms with Gasteiger partial charge >= 0.3 is 0 Å². The van der Waals surface area contributed by atoms with Crippen molar-refractivity contribution in [3.63, 3.8) is 0 Å². The summed E-state index contributed by atoms with van der Waals surface area (Å²) in [5.41, 5.74) is 6.22. The summed E-state index contributed by atoms with van der Waals surface area (Å²) in [4.78, 5) is 19.6. The second kappa shape index (κ2) is 4.60. The molecule has 7 heteroatoms. The van der Waals surface area contributed by atoms with Gasteiger partial charge in [0, 0.05) is 25.1 Å². The van der Waals surface area contributed by atoms with Crippen LogP contribution in [-0.4, -0.2) is 25.7 Å². The van der Waals surface area contributed by atoms with Crippen molar-refractivity contribution in [2.75, 3.05) is 11.1 Å². The monoisotopic (exact) mass is 232 g/mol. The van der Waals surface area contributed by atoms with Gasteiger partial charge in [0.1, 0.15) is 0 Å². The minimum atomic E-state index is -0.393. The van der Waals surface area contributed by atoms with Crippen molar-refractivity contribution in [2.45, 2.75) is 13.5 Å². The maximum Gasteiger partial charge on any atom is 0.279 e. The van der Waals surface area contributed by atoms with E-state index < -0.39 is 5.91 Å². The molecule has 88 valence electrons. The van der Waals surface area contributed by atoms with Gasteiger partial charge in [-0.1, -0.05) is 0 Å². The standard InChI is InChI=1S/C10H12N6O/c1-2-16-6-7(11)9(15-16)10(17)14-8-5-12-3-4-13-8/h3-6H,2,11H2,1H3,(H,13,14,17). The number of carbonyl (C=O) groups excluding carboxylic acids is 1. The number of nitrogens with one attached hydrogen (secondary N) is 1. The molecule has 7 nitrogen and oxygen atoms in total. The minimum Gasteiger partial charge on any atom is -0.396 e. The van der Waals surface area contributed by atoms with E-state index in [0.29, 0.717) is 18.1 Å². The Hall–Kier alpha value is -2.44. The van der Waals surface area contributed by atoms with E-state index in [-0.39, 0.29) is 5.69 Å². The van der Waals surface area contributed by atoms with Gasteiger partial charge in [-0.2, -0.15) is 5.10 Å². The molecular formula is C10H12N6O. The lowest BCUT2D eigenvalue weighted by atomic mass is 10.3. The largest absolute Gasteiger partial charge is 0.396 e. The summed E-state index contributed by atoms with van der Waals surface area (Å²) >= 11 is 0. The van der Waals surface area contributed by atoms with Crippen molar-refractivity contribution in [1.82, 2.24) is 19.7 Å². The third kappa shape index (κ3) is 2.39. The Morgan fingerprint density at radius 2 is 2.35 bits per heavy atom. The number of hydrogen-bond donors (Lipinski definition) is 2. The number of anilines is 2. The Morgan fingerprint density at radius 3 is 2.94 bits per heavy atom. The number of aryl methyl sites for hydroxylation is 1. The van der Waals surface area contributed by atoms with Gasteiger partial charge in [0.25, 0.3) is 5.91 Å². The summed E-state index contributed by atoms with van der Waals surface area (Å²) in [6.07, 6.45) is 6.08. The molecule has 0 spiro atoms. The minimum absolute atomic E-state index is 0.192. The van der Waals surface area contributed by atoms with Crippen LogP contribution in [0.25, 0.3) is 0 Å². The predicted octanol–water partition coefficient (Wildman–Crippen LogP) is 0.528. The Balaban J connectivity index is 2.17. The van der Waals surface area contributed by atoms with Crippen LogP contribution in [0.15, 0.2) is 24.8 Å². The number of nitrogen functional groups attached to an aromatic ring is 1. The van der Waals surface area contributed by atoms with E-state index >= 15 is 0 Å². The van der Waals surface area contributed by atoms with Gasteiger partial charge < -0.3 is 11.1 Å².